The lowest BCUT2D eigenvalue weighted by atomic mass is 10.0. The Morgan fingerprint density at radius 1 is 0.418 bits per heavy atom. The summed E-state index contributed by atoms with van der Waals surface area (Å²) in [5, 5.41) is 22.9. The minimum atomic E-state index is -0.651. The van der Waals surface area contributed by atoms with Gasteiger partial charge in [-0.05, 0) is 38.5 Å². The van der Waals surface area contributed by atoms with E-state index in [4.69, 9.17) is 0 Å². The summed E-state index contributed by atoms with van der Waals surface area (Å²) < 4.78 is 0. The van der Waals surface area contributed by atoms with Crippen LogP contribution >= 0.6 is 0 Å². The molecule has 2 atom stereocenters. The summed E-state index contributed by atoms with van der Waals surface area (Å²) in [6.07, 6.45) is 60.9. The van der Waals surface area contributed by atoms with Crippen molar-refractivity contribution in [1.82, 2.24) is 5.32 Å². The number of unbranched alkanes of at least 4 members (excludes halogenated alkanes) is 38. The number of allylic oxidation sites excluding steroid dienone is 2. The highest BCUT2D eigenvalue weighted by Gasteiger charge is 2.20. The monoisotopic (exact) mass is 776 g/mol. The van der Waals surface area contributed by atoms with E-state index in [0.29, 0.717) is 12.8 Å². The second-order valence-corrected chi connectivity index (χ2v) is 17.6. The number of nitrogens with one attached hydrogen (secondary N) is 1. The van der Waals surface area contributed by atoms with Crippen LogP contribution < -0.4 is 5.32 Å². The van der Waals surface area contributed by atoms with Gasteiger partial charge in [0.1, 0.15) is 0 Å². The van der Waals surface area contributed by atoms with E-state index in [-0.39, 0.29) is 12.5 Å². The van der Waals surface area contributed by atoms with Gasteiger partial charge in [-0.1, -0.05) is 257 Å². The van der Waals surface area contributed by atoms with E-state index in [2.05, 4.69) is 31.3 Å². The molecule has 55 heavy (non-hydrogen) atoms. The predicted molar refractivity (Wildman–Crippen MR) is 244 cm³/mol. The number of hydrogen-bond acceptors (Lipinski definition) is 3. The standard InChI is InChI=1S/C51H101NO3/c1-3-5-7-9-11-12-13-14-15-16-17-18-19-20-21-22-23-24-25-26-27-28-29-30-31-32-33-34-35-36-37-38-39-40-41-43-45-47-51(55)52-49(48-53)50(54)46-44-42-10-8-6-4-2/h16-17,49-50,53-54H,3-15,18-48H2,1-2H3,(H,52,55)/b17-16-. The smallest absolute Gasteiger partial charge is 0.220 e. The number of carbonyl (C=O) groups is 1. The van der Waals surface area contributed by atoms with Gasteiger partial charge in [-0.3, -0.25) is 4.79 Å². The van der Waals surface area contributed by atoms with Gasteiger partial charge in [-0.25, -0.2) is 0 Å². The maximum Gasteiger partial charge on any atom is 0.220 e. The van der Waals surface area contributed by atoms with Crippen LogP contribution in [0.4, 0.5) is 0 Å². The molecule has 0 bridgehead atoms. The molecule has 2 unspecified atom stereocenters. The lowest BCUT2D eigenvalue weighted by Gasteiger charge is -2.22. The topological polar surface area (TPSA) is 69.6 Å². The quantitative estimate of drug-likeness (QED) is 0.0426. The van der Waals surface area contributed by atoms with Crippen molar-refractivity contribution >= 4 is 5.91 Å². The van der Waals surface area contributed by atoms with Crippen LogP contribution in [0.15, 0.2) is 12.2 Å². The molecule has 0 fully saturated rings. The van der Waals surface area contributed by atoms with Crippen molar-refractivity contribution < 1.29 is 15.0 Å². The number of aliphatic hydroxyl groups excluding tert-OH is 2. The van der Waals surface area contributed by atoms with Crippen molar-refractivity contribution in [2.75, 3.05) is 6.61 Å². The molecule has 328 valence electrons. The van der Waals surface area contributed by atoms with Crippen LogP contribution in [0.3, 0.4) is 0 Å². The van der Waals surface area contributed by atoms with Crippen molar-refractivity contribution in [3.63, 3.8) is 0 Å². The van der Waals surface area contributed by atoms with Crippen LogP contribution in [0.1, 0.15) is 290 Å². The highest BCUT2D eigenvalue weighted by Crippen LogP contribution is 2.17. The van der Waals surface area contributed by atoms with Crippen LogP contribution in [-0.4, -0.2) is 34.9 Å². The van der Waals surface area contributed by atoms with Crippen LogP contribution in [0.25, 0.3) is 0 Å². The summed E-state index contributed by atoms with van der Waals surface area (Å²) in [5.41, 5.74) is 0. The van der Waals surface area contributed by atoms with Gasteiger partial charge >= 0.3 is 0 Å². The van der Waals surface area contributed by atoms with Gasteiger partial charge < -0.3 is 15.5 Å². The molecule has 0 saturated carbocycles. The number of amides is 1. The van der Waals surface area contributed by atoms with Crippen LogP contribution in [-0.2, 0) is 4.79 Å². The molecule has 0 saturated heterocycles. The minimum absolute atomic E-state index is 0.0314. The Morgan fingerprint density at radius 3 is 1.00 bits per heavy atom. The van der Waals surface area contributed by atoms with E-state index in [0.717, 1.165) is 25.7 Å². The van der Waals surface area contributed by atoms with E-state index < -0.39 is 12.1 Å². The molecule has 0 aromatic carbocycles. The average molecular weight is 776 g/mol. The molecule has 1 amide bonds. The van der Waals surface area contributed by atoms with Gasteiger partial charge in [0.25, 0.3) is 0 Å². The normalized spacial score (nSPS) is 12.9. The zero-order valence-corrected chi connectivity index (χ0v) is 37.7. The molecular weight excluding hydrogens is 675 g/mol. The Hall–Kier alpha value is -0.870. The lowest BCUT2D eigenvalue weighted by molar-refractivity contribution is -0.123. The summed E-state index contributed by atoms with van der Waals surface area (Å²) in [5.74, 6) is -0.0314. The molecule has 4 nitrogen and oxygen atoms in total. The highest BCUT2D eigenvalue weighted by atomic mass is 16.3. The third-order valence-electron chi connectivity index (χ3n) is 12.0. The predicted octanol–water partition coefficient (Wildman–Crippen LogP) is 16.2. The van der Waals surface area contributed by atoms with Gasteiger partial charge in [0.2, 0.25) is 5.91 Å². The highest BCUT2D eigenvalue weighted by molar-refractivity contribution is 5.76. The molecule has 0 heterocycles. The van der Waals surface area contributed by atoms with Crippen LogP contribution in [0.5, 0.6) is 0 Å². The zero-order valence-electron chi connectivity index (χ0n) is 37.7. The Morgan fingerprint density at radius 2 is 0.691 bits per heavy atom. The molecular formula is C51H101NO3. The molecule has 0 aliphatic rings. The van der Waals surface area contributed by atoms with Gasteiger partial charge in [0, 0.05) is 6.42 Å². The third kappa shape index (κ3) is 44.1. The molecule has 0 rings (SSSR count). The van der Waals surface area contributed by atoms with Crippen molar-refractivity contribution in [2.24, 2.45) is 0 Å². The second kappa shape index (κ2) is 47.5. The molecule has 3 N–H and O–H groups in total. The molecule has 0 aliphatic heterocycles. The van der Waals surface area contributed by atoms with E-state index in [9.17, 15) is 15.0 Å². The van der Waals surface area contributed by atoms with E-state index in [1.165, 1.54) is 238 Å². The van der Waals surface area contributed by atoms with Crippen molar-refractivity contribution in [3.8, 4) is 0 Å². The minimum Gasteiger partial charge on any atom is -0.394 e. The fourth-order valence-corrected chi connectivity index (χ4v) is 8.12. The maximum absolute atomic E-state index is 12.3. The molecule has 0 aliphatic carbocycles. The SMILES string of the molecule is CCCCCCCCCC/C=C\CCCCCCCCCCCCCCCCCCCCCCCCCCCC(=O)NC(CO)C(O)CCCCCCCC. The number of hydrogen-bond donors (Lipinski definition) is 3. The molecule has 0 radical (unpaired) electrons. The van der Waals surface area contributed by atoms with Crippen LogP contribution in [0.2, 0.25) is 0 Å². The summed E-state index contributed by atoms with van der Waals surface area (Å²) in [7, 11) is 0. The van der Waals surface area contributed by atoms with Crippen molar-refractivity contribution in [2.45, 2.75) is 302 Å². The zero-order chi connectivity index (χ0) is 40.0. The third-order valence-corrected chi connectivity index (χ3v) is 12.0. The summed E-state index contributed by atoms with van der Waals surface area (Å²) in [4.78, 5) is 12.3. The molecule has 0 spiro atoms. The van der Waals surface area contributed by atoms with E-state index in [1.54, 1.807) is 0 Å². The first-order valence-electron chi connectivity index (χ1n) is 25.4. The van der Waals surface area contributed by atoms with Gasteiger partial charge in [-0.15, -0.1) is 0 Å². The van der Waals surface area contributed by atoms with Gasteiger partial charge in [-0.2, -0.15) is 0 Å². The Labute approximate surface area is 346 Å². The first-order valence-corrected chi connectivity index (χ1v) is 25.4. The number of aliphatic hydroxyl groups is 2. The fraction of sp³-hybridized carbons (Fsp3) is 0.941. The molecule has 0 aromatic heterocycles. The lowest BCUT2D eigenvalue weighted by Crippen LogP contribution is -2.45. The second-order valence-electron chi connectivity index (χ2n) is 17.6. The first-order chi connectivity index (χ1) is 27.2. The van der Waals surface area contributed by atoms with Crippen molar-refractivity contribution in [1.29, 1.82) is 0 Å². The number of carbonyl (C=O) groups excluding carboxylic acids is 1. The van der Waals surface area contributed by atoms with Gasteiger partial charge in [0.05, 0.1) is 18.8 Å². The fourth-order valence-electron chi connectivity index (χ4n) is 8.12. The van der Waals surface area contributed by atoms with Crippen molar-refractivity contribution in [3.05, 3.63) is 12.2 Å². The first kappa shape index (κ1) is 54.1. The largest absolute Gasteiger partial charge is 0.394 e. The average Bonchev–Trinajstić information content (AvgIpc) is 3.19. The summed E-state index contributed by atoms with van der Waals surface area (Å²) in [6, 6.07) is -0.528. The Balaban J connectivity index is 3.28. The maximum atomic E-state index is 12.3. The number of rotatable bonds is 47. The Kier molecular flexibility index (Phi) is 46.8. The van der Waals surface area contributed by atoms with Crippen LogP contribution in [0, 0.1) is 0 Å². The molecule has 4 heteroatoms. The Bertz CT molecular complexity index is 754. The van der Waals surface area contributed by atoms with Gasteiger partial charge in [0.15, 0.2) is 0 Å². The molecule has 0 aromatic rings. The van der Waals surface area contributed by atoms with E-state index >= 15 is 0 Å². The van der Waals surface area contributed by atoms with E-state index in [1.807, 2.05) is 0 Å². The summed E-state index contributed by atoms with van der Waals surface area (Å²) in [6.45, 7) is 4.32. The summed E-state index contributed by atoms with van der Waals surface area (Å²) >= 11 is 0.